The van der Waals surface area contributed by atoms with Gasteiger partial charge in [0.1, 0.15) is 12.6 Å². The van der Waals surface area contributed by atoms with E-state index in [9.17, 15) is 18.0 Å². The maximum Gasteiger partial charge on any atom is 0.264 e. The third-order valence-electron chi connectivity index (χ3n) is 6.57. The second-order valence-corrected chi connectivity index (χ2v) is 12.0. The van der Waals surface area contributed by atoms with Gasteiger partial charge in [0.25, 0.3) is 10.0 Å². The summed E-state index contributed by atoms with van der Waals surface area (Å²) in [6, 6.07) is 18.8. The molecule has 208 valence electrons. The number of halogens is 2. The highest BCUT2D eigenvalue weighted by Gasteiger charge is 2.33. The summed E-state index contributed by atoms with van der Waals surface area (Å²) in [4.78, 5) is 28.5. The maximum absolute atomic E-state index is 14.0. The molecule has 0 aromatic heterocycles. The molecule has 3 rings (SSSR count). The predicted octanol–water partition coefficient (Wildman–Crippen LogP) is 5.83. The molecule has 0 aliphatic rings. The SMILES string of the molecule is CC[C@H](C)NC(=O)[C@@H](C)N(Cc1ccccc1C)C(=O)CN(c1ccc(Cl)c(Cl)c1)S(=O)(=O)c1ccccc1. The Kier molecular flexibility index (Phi) is 10.4. The Labute approximate surface area is 240 Å². The van der Waals surface area contributed by atoms with E-state index < -0.39 is 28.5 Å². The number of benzene rings is 3. The van der Waals surface area contributed by atoms with Crippen molar-refractivity contribution >= 4 is 50.7 Å². The van der Waals surface area contributed by atoms with Crippen molar-refractivity contribution in [1.82, 2.24) is 10.2 Å². The van der Waals surface area contributed by atoms with Gasteiger partial charge in [-0.1, -0.05) is 72.6 Å². The van der Waals surface area contributed by atoms with Gasteiger partial charge < -0.3 is 10.2 Å². The fourth-order valence-corrected chi connectivity index (χ4v) is 5.63. The van der Waals surface area contributed by atoms with Crippen molar-refractivity contribution in [3.05, 3.63) is 94.0 Å². The number of nitrogens with one attached hydrogen (secondary N) is 1. The molecule has 39 heavy (non-hydrogen) atoms. The molecule has 0 spiro atoms. The molecule has 7 nitrogen and oxygen atoms in total. The molecule has 0 radical (unpaired) electrons. The summed E-state index contributed by atoms with van der Waals surface area (Å²) < 4.78 is 28.6. The molecule has 0 heterocycles. The van der Waals surface area contributed by atoms with Crippen molar-refractivity contribution in [2.24, 2.45) is 0 Å². The van der Waals surface area contributed by atoms with E-state index in [-0.39, 0.29) is 39.1 Å². The first-order chi connectivity index (χ1) is 18.4. The summed E-state index contributed by atoms with van der Waals surface area (Å²) in [5.74, 6) is -0.867. The van der Waals surface area contributed by atoms with Crippen molar-refractivity contribution in [3.8, 4) is 0 Å². The molecular weight excluding hydrogens is 557 g/mol. The summed E-state index contributed by atoms with van der Waals surface area (Å²) in [5.41, 5.74) is 1.97. The molecule has 0 bridgehead atoms. The fraction of sp³-hybridized carbons (Fsp3) is 0.310. The minimum atomic E-state index is -4.18. The van der Waals surface area contributed by atoms with E-state index in [4.69, 9.17) is 23.2 Å². The highest BCUT2D eigenvalue weighted by atomic mass is 35.5. The molecule has 0 aliphatic carbocycles. The van der Waals surface area contributed by atoms with Crippen LogP contribution in [0.25, 0.3) is 0 Å². The van der Waals surface area contributed by atoms with E-state index in [1.807, 2.05) is 45.0 Å². The molecule has 3 aromatic carbocycles. The summed E-state index contributed by atoms with van der Waals surface area (Å²) in [5, 5.41) is 3.32. The minimum Gasteiger partial charge on any atom is -0.352 e. The van der Waals surface area contributed by atoms with Crippen LogP contribution in [-0.2, 0) is 26.2 Å². The highest BCUT2D eigenvalue weighted by molar-refractivity contribution is 7.92. The van der Waals surface area contributed by atoms with E-state index in [0.29, 0.717) is 0 Å². The number of hydrogen-bond acceptors (Lipinski definition) is 4. The smallest absolute Gasteiger partial charge is 0.264 e. The second-order valence-electron chi connectivity index (χ2n) is 9.37. The van der Waals surface area contributed by atoms with E-state index in [0.717, 1.165) is 21.9 Å². The number of carbonyl (C=O) groups is 2. The third kappa shape index (κ3) is 7.53. The zero-order valence-electron chi connectivity index (χ0n) is 22.4. The summed E-state index contributed by atoms with van der Waals surface area (Å²) in [7, 11) is -4.18. The maximum atomic E-state index is 14.0. The van der Waals surface area contributed by atoms with Gasteiger partial charge in [-0.25, -0.2) is 8.42 Å². The largest absolute Gasteiger partial charge is 0.352 e. The Balaban J connectivity index is 2.05. The van der Waals surface area contributed by atoms with Gasteiger partial charge in [-0.3, -0.25) is 13.9 Å². The number of hydrogen-bond donors (Lipinski definition) is 1. The van der Waals surface area contributed by atoms with Gasteiger partial charge in [0, 0.05) is 12.6 Å². The average Bonchev–Trinajstić information content (AvgIpc) is 2.92. The van der Waals surface area contributed by atoms with Gasteiger partial charge in [-0.2, -0.15) is 0 Å². The Hall–Kier alpha value is -3.07. The van der Waals surface area contributed by atoms with Gasteiger partial charge >= 0.3 is 0 Å². The van der Waals surface area contributed by atoms with Crippen LogP contribution < -0.4 is 9.62 Å². The molecular formula is C29H33Cl2N3O4S. The quantitative estimate of drug-likeness (QED) is 0.305. The summed E-state index contributed by atoms with van der Waals surface area (Å²) >= 11 is 12.3. The summed E-state index contributed by atoms with van der Waals surface area (Å²) in [6.45, 7) is 6.97. The number of anilines is 1. The minimum absolute atomic E-state index is 0.0110. The van der Waals surface area contributed by atoms with Crippen molar-refractivity contribution < 1.29 is 18.0 Å². The first-order valence-electron chi connectivity index (χ1n) is 12.6. The fourth-order valence-electron chi connectivity index (χ4n) is 3.91. The lowest BCUT2D eigenvalue weighted by molar-refractivity contribution is -0.139. The topological polar surface area (TPSA) is 86.8 Å². The van der Waals surface area contributed by atoms with Crippen molar-refractivity contribution in [3.63, 3.8) is 0 Å². The Morgan fingerprint density at radius 2 is 1.56 bits per heavy atom. The lowest BCUT2D eigenvalue weighted by atomic mass is 10.1. The molecule has 0 fully saturated rings. The van der Waals surface area contributed by atoms with Crippen LogP contribution in [-0.4, -0.2) is 43.8 Å². The van der Waals surface area contributed by atoms with Crippen molar-refractivity contribution in [2.75, 3.05) is 10.8 Å². The molecule has 3 aromatic rings. The Morgan fingerprint density at radius 3 is 2.18 bits per heavy atom. The number of nitrogens with zero attached hydrogens (tertiary/aromatic N) is 2. The zero-order chi connectivity index (χ0) is 28.7. The molecule has 2 atom stereocenters. The van der Waals surface area contributed by atoms with Gasteiger partial charge in [0.15, 0.2) is 0 Å². The van der Waals surface area contributed by atoms with Gasteiger partial charge in [-0.05, 0) is 68.7 Å². The molecule has 1 N–H and O–H groups in total. The lowest BCUT2D eigenvalue weighted by Crippen LogP contribution is -2.52. The van der Waals surface area contributed by atoms with Crippen LogP contribution in [0.3, 0.4) is 0 Å². The highest BCUT2D eigenvalue weighted by Crippen LogP contribution is 2.31. The monoisotopic (exact) mass is 589 g/mol. The Bertz CT molecular complexity index is 1420. The third-order valence-corrected chi connectivity index (χ3v) is 9.10. The molecule has 10 heteroatoms. The average molecular weight is 591 g/mol. The molecule has 2 amide bonds. The number of aryl methyl sites for hydroxylation is 1. The number of carbonyl (C=O) groups excluding carboxylic acids is 2. The number of sulfonamides is 1. The zero-order valence-corrected chi connectivity index (χ0v) is 24.7. The predicted molar refractivity (Wildman–Crippen MR) is 157 cm³/mol. The van der Waals surface area contributed by atoms with Crippen LogP contribution in [0.4, 0.5) is 5.69 Å². The standard InChI is InChI=1S/C29H33Cl2N3O4S/c1-5-21(3)32-29(36)22(4)33(18-23-12-10-9-11-20(23)2)28(35)19-34(24-15-16-26(30)27(31)17-24)39(37,38)25-13-7-6-8-14-25/h6-17,21-22H,5,18-19H2,1-4H3,(H,32,36)/t21-,22+/m0/s1. The number of amides is 2. The van der Waals surface area contributed by atoms with E-state index >= 15 is 0 Å². The van der Waals surface area contributed by atoms with Gasteiger partial charge in [0.05, 0.1) is 20.6 Å². The molecule has 0 aliphatic heterocycles. The molecule has 0 saturated carbocycles. The van der Waals surface area contributed by atoms with Crippen molar-refractivity contribution in [1.29, 1.82) is 0 Å². The normalized spacial score (nSPS) is 12.9. The van der Waals surface area contributed by atoms with Crippen LogP contribution in [0.2, 0.25) is 10.0 Å². The van der Waals surface area contributed by atoms with Crippen LogP contribution in [0.1, 0.15) is 38.3 Å². The second kappa shape index (κ2) is 13.3. The van der Waals surface area contributed by atoms with E-state index in [2.05, 4.69) is 5.32 Å². The lowest BCUT2D eigenvalue weighted by Gasteiger charge is -2.32. The van der Waals surface area contributed by atoms with Crippen molar-refractivity contribution in [2.45, 2.75) is 57.6 Å². The first-order valence-corrected chi connectivity index (χ1v) is 14.8. The Morgan fingerprint density at radius 1 is 0.923 bits per heavy atom. The first kappa shape index (κ1) is 30.5. The molecule has 0 saturated heterocycles. The van der Waals surface area contributed by atoms with Gasteiger partial charge in [0.2, 0.25) is 11.8 Å². The summed E-state index contributed by atoms with van der Waals surface area (Å²) in [6.07, 6.45) is 0.727. The van der Waals surface area contributed by atoms with Crippen LogP contribution in [0, 0.1) is 6.92 Å². The van der Waals surface area contributed by atoms with Crippen LogP contribution >= 0.6 is 23.2 Å². The van der Waals surface area contributed by atoms with Crippen LogP contribution in [0.5, 0.6) is 0 Å². The van der Waals surface area contributed by atoms with Crippen LogP contribution in [0.15, 0.2) is 77.7 Å². The van der Waals surface area contributed by atoms with E-state index in [1.54, 1.807) is 25.1 Å². The number of rotatable bonds is 11. The molecule has 0 unspecified atom stereocenters. The van der Waals surface area contributed by atoms with E-state index in [1.165, 1.54) is 35.2 Å². The van der Waals surface area contributed by atoms with Gasteiger partial charge in [-0.15, -0.1) is 0 Å².